The summed E-state index contributed by atoms with van der Waals surface area (Å²) in [5.74, 6) is 0.404. The van der Waals surface area contributed by atoms with Gasteiger partial charge in [-0.15, -0.1) is 5.10 Å². The van der Waals surface area contributed by atoms with E-state index in [4.69, 9.17) is 0 Å². The maximum atomic E-state index is 13.1. The van der Waals surface area contributed by atoms with Crippen LogP contribution in [0.15, 0.2) is 41.2 Å². The molecule has 24 heavy (non-hydrogen) atoms. The Morgan fingerprint density at radius 1 is 1.17 bits per heavy atom. The highest BCUT2D eigenvalue weighted by molar-refractivity contribution is 5.78. The fraction of sp³-hybridized carbons (Fsp3) is 0.353. The molecule has 0 saturated carbocycles. The molecule has 0 unspecified atom stereocenters. The average Bonchev–Trinajstić information content (AvgIpc) is 2.62. The Labute approximate surface area is 138 Å². The topological polar surface area (TPSA) is 67.2 Å². The molecule has 0 spiro atoms. The molecule has 1 saturated heterocycles. The van der Waals surface area contributed by atoms with Crippen molar-refractivity contribution in [3.63, 3.8) is 0 Å². The Balaban J connectivity index is 1.81. The van der Waals surface area contributed by atoms with E-state index in [1.807, 2.05) is 0 Å². The number of anilines is 1. The Hall–Kier alpha value is -2.70. The summed E-state index contributed by atoms with van der Waals surface area (Å²) in [4.78, 5) is 25.8. The number of rotatable bonds is 3. The van der Waals surface area contributed by atoms with Crippen LogP contribution >= 0.6 is 0 Å². The number of hydrogen-bond donors (Lipinski definition) is 1. The van der Waals surface area contributed by atoms with Gasteiger partial charge in [0.1, 0.15) is 11.6 Å². The third-order valence-electron chi connectivity index (χ3n) is 4.29. The van der Waals surface area contributed by atoms with Crippen LogP contribution in [0.3, 0.4) is 0 Å². The van der Waals surface area contributed by atoms with Gasteiger partial charge in [0.15, 0.2) is 0 Å². The highest BCUT2D eigenvalue weighted by atomic mass is 19.1. The summed E-state index contributed by atoms with van der Waals surface area (Å²) in [5, 5.41) is 7.08. The number of aromatic nitrogens is 2. The number of amides is 1. The first kappa shape index (κ1) is 16.2. The lowest BCUT2D eigenvalue weighted by atomic mass is 9.96. The van der Waals surface area contributed by atoms with Crippen LogP contribution in [0.5, 0.6) is 0 Å². The molecule has 1 N–H and O–H groups in total. The molecule has 0 aliphatic carbocycles. The van der Waals surface area contributed by atoms with Crippen molar-refractivity contribution in [1.29, 1.82) is 0 Å². The average molecular weight is 330 g/mol. The number of piperidine rings is 1. The molecule has 7 heteroatoms. The number of nitrogens with one attached hydrogen (secondary N) is 1. The van der Waals surface area contributed by atoms with E-state index in [-0.39, 0.29) is 23.2 Å². The standard InChI is InChI=1S/C17H19FN4O2/c1-19-17(24)12-8-10-21(11-9-12)15-6-7-16(23)22(20-15)14-4-2-13(18)3-5-14/h2-7,12H,8-11H2,1H3,(H,19,24). The second-order valence-corrected chi connectivity index (χ2v) is 5.79. The molecular formula is C17H19FN4O2. The highest BCUT2D eigenvalue weighted by Gasteiger charge is 2.25. The fourth-order valence-electron chi connectivity index (χ4n) is 2.91. The molecular weight excluding hydrogens is 311 g/mol. The van der Waals surface area contributed by atoms with Crippen molar-refractivity contribution in [2.45, 2.75) is 12.8 Å². The number of hydrogen-bond acceptors (Lipinski definition) is 4. The zero-order chi connectivity index (χ0) is 17.1. The van der Waals surface area contributed by atoms with Gasteiger partial charge in [-0.25, -0.2) is 4.39 Å². The predicted molar refractivity (Wildman–Crippen MR) is 88.8 cm³/mol. The van der Waals surface area contributed by atoms with E-state index in [2.05, 4.69) is 15.3 Å². The summed E-state index contributed by atoms with van der Waals surface area (Å²) >= 11 is 0. The molecule has 2 heterocycles. The Morgan fingerprint density at radius 3 is 2.46 bits per heavy atom. The highest BCUT2D eigenvalue weighted by Crippen LogP contribution is 2.21. The Morgan fingerprint density at radius 2 is 1.83 bits per heavy atom. The third kappa shape index (κ3) is 3.29. The molecule has 6 nitrogen and oxygen atoms in total. The first-order valence-corrected chi connectivity index (χ1v) is 7.91. The lowest BCUT2D eigenvalue weighted by molar-refractivity contribution is -0.125. The van der Waals surface area contributed by atoms with Crippen molar-refractivity contribution in [2.75, 3.05) is 25.0 Å². The molecule has 0 radical (unpaired) electrons. The van der Waals surface area contributed by atoms with Crippen molar-refractivity contribution in [3.05, 3.63) is 52.6 Å². The number of carbonyl (C=O) groups excluding carboxylic acids is 1. The fourth-order valence-corrected chi connectivity index (χ4v) is 2.91. The molecule has 0 bridgehead atoms. The van der Waals surface area contributed by atoms with Crippen LogP contribution in [0.4, 0.5) is 10.2 Å². The second-order valence-electron chi connectivity index (χ2n) is 5.79. The Kier molecular flexibility index (Phi) is 4.59. The van der Waals surface area contributed by atoms with Crippen molar-refractivity contribution < 1.29 is 9.18 Å². The molecule has 3 rings (SSSR count). The van der Waals surface area contributed by atoms with Crippen LogP contribution in [-0.2, 0) is 4.79 Å². The Bertz CT molecular complexity index is 780. The van der Waals surface area contributed by atoms with Crippen LogP contribution in [0.25, 0.3) is 5.69 Å². The van der Waals surface area contributed by atoms with E-state index in [1.54, 1.807) is 13.1 Å². The lowest BCUT2D eigenvalue weighted by Crippen LogP contribution is -2.40. The summed E-state index contributed by atoms with van der Waals surface area (Å²) in [7, 11) is 1.65. The maximum Gasteiger partial charge on any atom is 0.271 e. The van der Waals surface area contributed by atoms with Crippen LogP contribution in [-0.4, -0.2) is 35.8 Å². The van der Waals surface area contributed by atoms with Crippen LogP contribution in [0, 0.1) is 11.7 Å². The van der Waals surface area contributed by atoms with E-state index in [0.29, 0.717) is 24.6 Å². The zero-order valence-electron chi connectivity index (χ0n) is 13.4. The smallest absolute Gasteiger partial charge is 0.271 e. The minimum Gasteiger partial charge on any atom is -0.359 e. The second kappa shape index (κ2) is 6.82. The van der Waals surface area contributed by atoms with Gasteiger partial charge in [-0.3, -0.25) is 9.59 Å². The van der Waals surface area contributed by atoms with E-state index < -0.39 is 0 Å². The first-order valence-electron chi connectivity index (χ1n) is 7.91. The molecule has 1 fully saturated rings. The SMILES string of the molecule is CNC(=O)C1CCN(c2ccc(=O)n(-c3ccc(F)cc3)n2)CC1. The van der Waals surface area contributed by atoms with Crippen LogP contribution < -0.4 is 15.8 Å². The summed E-state index contributed by atoms with van der Waals surface area (Å²) in [5.41, 5.74) is 0.245. The van der Waals surface area contributed by atoms with Gasteiger partial charge in [0.25, 0.3) is 5.56 Å². The van der Waals surface area contributed by atoms with E-state index >= 15 is 0 Å². The molecule has 1 amide bonds. The molecule has 0 atom stereocenters. The van der Waals surface area contributed by atoms with Gasteiger partial charge in [0.2, 0.25) is 5.91 Å². The van der Waals surface area contributed by atoms with E-state index in [0.717, 1.165) is 12.8 Å². The van der Waals surface area contributed by atoms with Crippen LogP contribution in [0.1, 0.15) is 12.8 Å². The molecule has 2 aromatic rings. The summed E-state index contributed by atoms with van der Waals surface area (Å²) in [6, 6.07) is 8.77. The maximum absolute atomic E-state index is 13.1. The number of carbonyl (C=O) groups is 1. The lowest BCUT2D eigenvalue weighted by Gasteiger charge is -2.31. The monoisotopic (exact) mass is 330 g/mol. The van der Waals surface area contributed by atoms with Gasteiger partial charge in [0.05, 0.1) is 5.69 Å². The van der Waals surface area contributed by atoms with Gasteiger partial charge in [-0.05, 0) is 43.2 Å². The third-order valence-corrected chi connectivity index (χ3v) is 4.29. The van der Waals surface area contributed by atoms with Crippen molar-refractivity contribution in [2.24, 2.45) is 5.92 Å². The van der Waals surface area contributed by atoms with E-state index in [1.165, 1.54) is 35.0 Å². The van der Waals surface area contributed by atoms with Gasteiger partial charge >= 0.3 is 0 Å². The van der Waals surface area contributed by atoms with Gasteiger partial charge in [0, 0.05) is 32.1 Å². The van der Waals surface area contributed by atoms with Crippen molar-refractivity contribution in [3.8, 4) is 5.69 Å². The number of halogens is 1. The number of benzene rings is 1. The largest absolute Gasteiger partial charge is 0.359 e. The van der Waals surface area contributed by atoms with Gasteiger partial charge in [-0.2, -0.15) is 4.68 Å². The molecule has 1 aliphatic rings. The predicted octanol–water partition coefficient (Wildman–Crippen LogP) is 1.33. The summed E-state index contributed by atoms with van der Waals surface area (Å²) in [6.07, 6.45) is 1.49. The summed E-state index contributed by atoms with van der Waals surface area (Å²) in [6.45, 7) is 1.40. The van der Waals surface area contributed by atoms with Crippen molar-refractivity contribution >= 4 is 11.7 Å². The molecule has 1 aromatic heterocycles. The normalized spacial score (nSPS) is 15.3. The van der Waals surface area contributed by atoms with Crippen molar-refractivity contribution in [1.82, 2.24) is 15.1 Å². The summed E-state index contributed by atoms with van der Waals surface area (Å²) < 4.78 is 14.3. The number of nitrogens with zero attached hydrogens (tertiary/aromatic N) is 3. The van der Waals surface area contributed by atoms with Gasteiger partial charge in [-0.1, -0.05) is 0 Å². The zero-order valence-corrected chi connectivity index (χ0v) is 13.4. The molecule has 126 valence electrons. The van der Waals surface area contributed by atoms with E-state index in [9.17, 15) is 14.0 Å². The minimum atomic E-state index is -0.362. The quantitative estimate of drug-likeness (QED) is 0.922. The first-order chi connectivity index (χ1) is 11.6. The minimum absolute atomic E-state index is 0.0225. The van der Waals surface area contributed by atoms with Crippen LogP contribution in [0.2, 0.25) is 0 Å². The molecule has 1 aromatic carbocycles. The van der Waals surface area contributed by atoms with Gasteiger partial charge < -0.3 is 10.2 Å². The molecule has 1 aliphatic heterocycles.